The maximum atomic E-state index is 12.3. The van der Waals surface area contributed by atoms with Crippen LogP contribution in [0.5, 0.6) is 11.5 Å². The minimum absolute atomic E-state index is 0.0801. The zero-order valence-corrected chi connectivity index (χ0v) is 14.3. The molecule has 0 bridgehead atoms. The van der Waals surface area contributed by atoms with Crippen molar-refractivity contribution in [3.05, 3.63) is 23.8 Å². The van der Waals surface area contributed by atoms with Crippen molar-refractivity contribution in [3.63, 3.8) is 0 Å². The van der Waals surface area contributed by atoms with Crippen molar-refractivity contribution in [2.24, 2.45) is 0 Å². The lowest BCUT2D eigenvalue weighted by Crippen LogP contribution is -2.38. The number of hydrogen-bond donors (Lipinski definition) is 1. The van der Waals surface area contributed by atoms with Crippen LogP contribution in [-0.2, 0) is 10.0 Å². The highest BCUT2D eigenvalue weighted by Gasteiger charge is 2.23. The molecule has 1 saturated heterocycles. The van der Waals surface area contributed by atoms with Crippen LogP contribution in [0, 0.1) is 0 Å². The maximum absolute atomic E-state index is 12.3. The average molecular weight is 354 g/mol. The SMILES string of the molecule is O=C(NCCS(=O)(=O)N1CCCCCC1)c1ccc2c(c1)OCO2. The van der Waals surface area contributed by atoms with Crippen LogP contribution in [-0.4, -0.2) is 50.8 Å². The molecule has 1 N–H and O–H groups in total. The smallest absolute Gasteiger partial charge is 0.251 e. The Kier molecular flexibility index (Phi) is 5.25. The van der Waals surface area contributed by atoms with Gasteiger partial charge >= 0.3 is 0 Å². The quantitative estimate of drug-likeness (QED) is 0.863. The molecule has 0 unspecified atom stereocenters. The lowest BCUT2D eigenvalue weighted by Gasteiger charge is -2.19. The molecule has 0 aromatic heterocycles. The zero-order chi connectivity index (χ0) is 17.0. The fraction of sp³-hybridized carbons (Fsp3) is 0.562. The van der Waals surface area contributed by atoms with Gasteiger partial charge in [-0.3, -0.25) is 4.79 Å². The first-order valence-electron chi connectivity index (χ1n) is 8.22. The summed E-state index contributed by atoms with van der Waals surface area (Å²) in [5, 5.41) is 2.66. The second-order valence-electron chi connectivity index (χ2n) is 5.95. The molecule has 24 heavy (non-hydrogen) atoms. The van der Waals surface area contributed by atoms with E-state index in [2.05, 4.69) is 5.32 Å². The molecule has 2 aliphatic heterocycles. The summed E-state index contributed by atoms with van der Waals surface area (Å²) in [5.41, 5.74) is 0.423. The van der Waals surface area contributed by atoms with E-state index in [0.29, 0.717) is 30.2 Å². The van der Waals surface area contributed by atoms with Gasteiger partial charge in [0.1, 0.15) is 0 Å². The molecule has 0 atom stereocenters. The van der Waals surface area contributed by atoms with E-state index in [-0.39, 0.29) is 25.0 Å². The summed E-state index contributed by atoms with van der Waals surface area (Å²) in [4.78, 5) is 12.1. The summed E-state index contributed by atoms with van der Waals surface area (Å²) in [6, 6.07) is 4.90. The van der Waals surface area contributed by atoms with Gasteiger partial charge in [0.2, 0.25) is 16.8 Å². The molecule has 7 nitrogen and oxygen atoms in total. The summed E-state index contributed by atoms with van der Waals surface area (Å²) in [6.45, 7) is 1.40. The first-order valence-corrected chi connectivity index (χ1v) is 9.83. The van der Waals surface area contributed by atoms with E-state index in [9.17, 15) is 13.2 Å². The van der Waals surface area contributed by atoms with E-state index in [1.165, 1.54) is 0 Å². The van der Waals surface area contributed by atoms with Crippen molar-refractivity contribution in [1.29, 1.82) is 0 Å². The van der Waals surface area contributed by atoms with Gasteiger partial charge in [-0.05, 0) is 31.0 Å². The molecule has 1 aromatic carbocycles. The van der Waals surface area contributed by atoms with Gasteiger partial charge in [-0.1, -0.05) is 12.8 Å². The van der Waals surface area contributed by atoms with Crippen LogP contribution < -0.4 is 14.8 Å². The molecule has 0 aliphatic carbocycles. The number of nitrogens with one attached hydrogen (secondary N) is 1. The van der Waals surface area contributed by atoms with Gasteiger partial charge in [0.15, 0.2) is 11.5 Å². The predicted octanol–water partition coefficient (Wildman–Crippen LogP) is 1.35. The minimum Gasteiger partial charge on any atom is -0.454 e. The predicted molar refractivity (Wildman–Crippen MR) is 88.7 cm³/mol. The van der Waals surface area contributed by atoms with Gasteiger partial charge < -0.3 is 14.8 Å². The molecule has 2 aliphatic rings. The van der Waals surface area contributed by atoms with Crippen LogP contribution in [0.3, 0.4) is 0 Å². The van der Waals surface area contributed by atoms with Crippen LogP contribution in [0.2, 0.25) is 0 Å². The molecule has 1 aromatic rings. The standard InChI is InChI=1S/C16H22N2O5S/c19-16(13-5-6-14-15(11-13)23-12-22-14)17-7-10-24(20,21)18-8-3-1-2-4-9-18/h5-6,11H,1-4,7-10,12H2,(H,17,19). The van der Waals surface area contributed by atoms with E-state index in [1.807, 2.05) is 0 Å². The average Bonchev–Trinajstić information content (AvgIpc) is 2.85. The lowest BCUT2D eigenvalue weighted by atomic mass is 10.2. The van der Waals surface area contributed by atoms with Crippen molar-refractivity contribution < 1.29 is 22.7 Å². The number of benzene rings is 1. The molecule has 132 valence electrons. The number of hydrogen-bond acceptors (Lipinski definition) is 5. The Morgan fingerprint density at radius 3 is 2.54 bits per heavy atom. The van der Waals surface area contributed by atoms with Gasteiger partial charge in [-0.2, -0.15) is 0 Å². The molecule has 1 amide bonds. The van der Waals surface area contributed by atoms with Crippen LogP contribution in [0.15, 0.2) is 18.2 Å². The van der Waals surface area contributed by atoms with E-state index >= 15 is 0 Å². The third kappa shape index (κ3) is 3.99. The summed E-state index contributed by atoms with van der Waals surface area (Å²) < 4.78 is 36.7. The number of nitrogens with zero attached hydrogens (tertiary/aromatic N) is 1. The Hall–Kier alpha value is -1.80. The third-order valence-corrected chi connectivity index (χ3v) is 6.11. The Morgan fingerprint density at radius 2 is 1.79 bits per heavy atom. The highest BCUT2D eigenvalue weighted by Crippen LogP contribution is 2.32. The second-order valence-corrected chi connectivity index (χ2v) is 8.04. The number of ether oxygens (including phenoxy) is 2. The highest BCUT2D eigenvalue weighted by molar-refractivity contribution is 7.89. The molecule has 1 fully saturated rings. The number of amides is 1. The summed E-state index contributed by atoms with van der Waals surface area (Å²) in [6.07, 6.45) is 3.96. The van der Waals surface area contributed by atoms with Gasteiger partial charge in [0.25, 0.3) is 5.91 Å². The van der Waals surface area contributed by atoms with Gasteiger partial charge in [-0.15, -0.1) is 0 Å². The van der Waals surface area contributed by atoms with Gasteiger partial charge in [0.05, 0.1) is 5.75 Å². The molecule has 0 saturated carbocycles. The Morgan fingerprint density at radius 1 is 1.08 bits per heavy atom. The largest absolute Gasteiger partial charge is 0.454 e. The van der Waals surface area contributed by atoms with Crippen molar-refractivity contribution in [1.82, 2.24) is 9.62 Å². The maximum Gasteiger partial charge on any atom is 0.251 e. The molecule has 8 heteroatoms. The van der Waals surface area contributed by atoms with Crippen LogP contribution >= 0.6 is 0 Å². The van der Waals surface area contributed by atoms with Gasteiger partial charge in [-0.25, -0.2) is 12.7 Å². The number of fused-ring (bicyclic) bond motifs is 1. The number of rotatable bonds is 5. The monoisotopic (exact) mass is 354 g/mol. The Labute approximate surface area is 142 Å². The fourth-order valence-corrected chi connectivity index (χ4v) is 4.32. The van der Waals surface area contributed by atoms with E-state index in [1.54, 1.807) is 22.5 Å². The molecule has 0 spiro atoms. The van der Waals surface area contributed by atoms with Crippen molar-refractivity contribution in [2.45, 2.75) is 25.7 Å². The first-order chi connectivity index (χ1) is 11.6. The zero-order valence-electron chi connectivity index (χ0n) is 13.5. The Balaban J connectivity index is 1.52. The molecule has 2 heterocycles. The van der Waals surface area contributed by atoms with E-state index in [4.69, 9.17) is 9.47 Å². The molecule has 3 rings (SSSR count). The van der Waals surface area contributed by atoms with Crippen LogP contribution in [0.4, 0.5) is 0 Å². The van der Waals surface area contributed by atoms with Crippen LogP contribution in [0.25, 0.3) is 0 Å². The molecular weight excluding hydrogens is 332 g/mol. The van der Waals surface area contributed by atoms with E-state index in [0.717, 1.165) is 25.7 Å². The van der Waals surface area contributed by atoms with Crippen LogP contribution in [0.1, 0.15) is 36.0 Å². The van der Waals surface area contributed by atoms with Gasteiger partial charge in [0, 0.05) is 25.2 Å². The molecular formula is C16H22N2O5S. The fourth-order valence-electron chi connectivity index (χ4n) is 2.88. The number of sulfonamides is 1. The summed E-state index contributed by atoms with van der Waals surface area (Å²) >= 11 is 0. The third-order valence-electron chi connectivity index (χ3n) is 4.24. The van der Waals surface area contributed by atoms with Crippen molar-refractivity contribution in [2.75, 3.05) is 32.2 Å². The summed E-state index contributed by atoms with van der Waals surface area (Å²) in [5.74, 6) is 0.734. The van der Waals surface area contributed by atoms with Crippen molar-refractivity contribution in [3.8, 4) is 11.5 Å². The first kappa shape index (κ1) is 17.0. The highest BCUT2D eigenvalue weighted by atomic mass is 32.2. The summed E-state index contributed by atoms with van der Waals surface area (Å²) in [7, 11) is -3.32. The lowest BCUT2D eigenvalue weighted by molar-refractivity contribution is 0.0955. The van der Waals surface area contributed by atoms with Crippen molar-refractivity contribution >= 4 is 15.9 Å². The normalized spacial score (nSPS) is 18.2. The second kappa shape index (κ2) is 7.40. The molecule has 0 radical (unpaired) electrons. The Bertz CT molecular complexity index is 696. The van der Waals surface area contributed by atoms with E-state index < -0.39 is 10.0 Å². The number of carbonyl (C=O) groups is 1. The number of carbonyl (C=O) groups excluding carboxylic acids is 1. The minimum atomic E-state index is -3.32. The topological polar surface area (TPSA) is 84.9 Å².